The van der Waals surface area contributed by atoms with Crippen molar-refractivity contribution >= 4 is 11.6 Å². The summed E-state index contributed by atoms with van der Waals surface area (Å²) < 4.78 is 1.50. The molecule has 0 fully saturated rings. The van der Waals surface area contributed by atoms with Gasteiger partial charge in [-0.05, 0) is 42.7 Å². The Kier molecular flexibility index (Phi) is 3.72. The molecule has 140 valence electrons. The van der Waals surface area contributed by atoms with Crippen LogP contribution in [0.4, 0.5) is 5.82 Å². The number of Topliss-reactive ketones (excluding diaryl/α,β-unsaturated/α-hetero) is 1. The summed E-state index contributed by atoms with van der Waals surface area (Å²) in [7, 11) is 0. The smallest absolute Gasteiger partial charge is 0.277 e. The molecule has 6 heteroatoms. The molecule has 1 aromatic heterocycles. The number of carbonyl (C=O) groups excluding carboxylic acids is 1. The fourth-order valence-electron chi connectivity index (χ4n) is 4.23. The number of H-pyrrole nitrogens is 1. The lowest BCUT2D eigenvalue weighted by atomic mass is 9.77. The van der Waals surface area contributed by atoms with Crippen LogP contribution in [0.5, 0.6) is 5.75 Å². The van der Waals surface area contributed by atoms with Crippen molar-refractivity contribution in [1.29, 1.82) is 0 Å². The first-order valence-corrected chi connectivity index (χ1v) is 9.36. The lowest BCUT2D eigenvalue weighted by Gasteiger charge is -2.31. The van der Waals surface area contributed by atoms with Crippen LogP contribution in [0, 0.1) is 0 Å². The van der Waals surface area contributed by atoms with Crippen LogP contribution in [0.25, 0.3) is 5.69 Å². The van der Waals surface area contributed by atoms with E-state index in [2.05, 4.69) is 10.4 Å². The SMILES string of the molecule is O=C1CCCC2=C1[C@@H](c1cccc(O)c1)c1c([nH]n(-c3ccccc3)c1=O)N2. The highest BCUT2D eigenvalue weighted by atomic mass is 16.3. The van der Waals surface area contributed by atoms with E-state index in [0.29, 0.717) is 23.4 Å². The first kappa shape index (κ1) is 16.6. The molecule has 6 nitrogen and oxygen atoms in total. The van der Waals surface area contributed by atoms with Gasteiger partial charge < -0.3 is 10.4 Å². The Morgan fingerprint density at radius 1 is 1.00 bits per heavy atom. The van der Waals surface area contributed by atoms with E-state index in [-0.39, 0.29) is 17.1 Å². The molecule has 1 aliphatic heterocycles. The van der Waals surface area contributed by atoms with Gasteiger partial charge in [0.2, 0.25) is 0 Å². The van der Waals surface area contributed by atoms with Gasteiger partial charge in [0.15, 0.2) is 5.78 Å². The number of phenols is 1. The number of ketones is 1. The Hall–Kier alpha value is -3.54. The number of rotatable bonds is 2. The summed E-state index contributed by atoms with van der Waals surface area (Å²) in [6, 6.07) is 16.1. The normalized spacial score (nSPS) is 18.4. The standard InChI is InChI=1S/C22H19N3O3/c26-15-9-4-6-13(12-15)18-19-16(10-5-11-17(19)27)23-21-20(18)22(28)25(24-21)14-7-2-1-3-8-14/h1-4,6-9,12,18,23-24,26H,5,10-11H2/t18-/m1/s1. The number of aromatic amines is 1. The van der Waals surface area contributed by atoms with E-state index in [4.69, 9.17) is 0 Å². The highest BCUT2D eigenvalue weighted by Crippen LogP contribution is 2.44. The summed E-state index contributed by atoms with van der Waals surface area (Å²) in [6.45, 7) is 0. The number of allylic oxidation sites excluding steroid dienone is 2. The average Bonchev–Trinajstić information content (AvgIpc) is 3.03. The highest BCUT2D eigenvalue weighted by Gasteiger charge is 2.38. The molecule has 0 spiro atoms. The topological polar surface area (TPSA) is 87.1 Å². The predicted octanol–water partition coefficient (Wildman–Crippen LogP) is 3.44. The van der Waals surface area contributed by atoms with Gasteiger partial charge in [0, 0.05) is 23.6 Å². The molecule has 2 heterocycles. The number of hydrogen-bond donors (Lipinski definition) is 3. The zero-order valence-electron chi connectivity index (χ0n) is 15.1. The van der Waals surface area contributed by atoms with Crippen LogP contribution in [0.2, 0.25) is 0 Å². The van der Waals surface area contributed by atoms with Crippen LogP contribution in [-0.4, -0.2) is 20.7 Å². The van der Waals surface area contributed by atoms with E-state index in [1.807, 2.05) is 36.4 Å². The van der Waals surface area contributed by atoms with Gasteiger partial charge in [-0.15, -0.1) is 0 Å². The summed E-state index contributed by atoms with van der Waals surface area (Å²) in [5.74, 6) is 0.275. The number of nitrogens with one attached hydrogen (secondary N) is 2. The molecule has 0 saturated heterocycles. The van der Waals surface area contributed by atoms with Crippen molar-refractivity contribution in [3.63, 3.8) is 0 Å². The summed E-state index contributed by atoms with van der Waals surface area (Å²) in [5.41, 5.74) is 3.26. The molecule has 0 amide bonds. The minimum Gasteiger partial charge on any atom is -0.508 e. The zero-order valence-corrected chi connectivity index (χ0v) is 15.1. The van der Waals surface area contributed by atoms with Gasteiger partial charge in [-0.3, -0.25) is 14.7 Å². The number of phenolic OH excluding ortho intramolecular Hbond substituents is 1. The van der Waals surface area contributed by atoms with Crippen LogP contribution in [0.3, 0.4) is 0 Å². The number of anilines is 1. The van der Waals surface area contributed by atoms with Crippen molar-refractivity contribution in [3.05, 3.63) is 87.3 Å². The minimum atomic E-state index is -0.500. The average molecular weight is 373 g/mol. The summed E-state index contributed by atoms with van der Waals surface area (Å²) in [6.07, 6.45) is 2.02. The molecule has 2 aromatic carbocycles. The summed E-state index contributed by atoms with van der Waals surface area (Å²) >= 11 is 0. The van der Waals surface area contributed by atoms with Gasteiger partial charge in [-0.25, -0.2) is 4.68 Å². The molecule has 3 N–H and O–H groups in total. The second kappa shape index (κ2) is 6.27. The number of aromatic nitrogens is 2. The largest absolute Gasteiger partial charge is 0.508 e. The lowest BCUT2D eigenvalue weighted by molar-refractivity contribution is -0.116. The third kappa shape index (κ3) is 2.49. The molecule has 3 aromatic rings. The number of benzene rings is 2. The first-order chi connectivity index (χ1) is 13.6. The quantitative estimate of drug-likeness (QED) is 0.642. The Labute approximate surface area is 161 Å². The van der Waals surface area contributed by atoms with E-state index < -0.39 is 5.92 Å². The van der Waals surface area contributed by atoms with E-state index >= 15 is 0 Å². The third-order valence-electron chi connectivity index (χ3n) is 5.45. The molecule has 0 bridgehead atoms. The molecular formula is C22H19N3O3. The maximum atomic E-state index is 13.4. The molecular weight excluding hydrogens is 354 g/mol. The van der Waals surface area contributed by atoms with Gasteiger partial charge in [0.05, 0.1) is 11.3 Å². The second-order valence-corrected chi connectivity index (χ2v) is 7.20. The molecule has 28 heavy (non-hydrogen) atoms. The number of hydrogen-bond acceptors (Lipinski definition) is 4. The van der Waals surface area contributed by atoms with Crippen LogP contribution in [-0.2, 0) is 4.79 Å². The molecule has 2 aliphatic rings. The Balaban J connectivity index is 1.76. The number of para-hydroxylation sites is 1. The maximum Gasteiger partial charge on any atom is 0.277 e. The number of aromatic hydroxyl groups is 1. The first-order valence-electron chi connectivity index (χ1n) is 9.36. The monoisotopic (exact) mass is 373 g/mol. The van der Waals surface area contributed by atoms with Crippen LogP contribution in [0.15, 0.2) is 70.7 Å². The predicted molar refractivity (Wildman–Crippen MR) is 106 cm³/mol. The maximum absolute atomic E-state index is 13.4. The van der Waals surface area contributed by atoms with Crippen molar-refractivity contribution in [1.82, 2.24) is 9.78 Å². The van der Waals surface area contributed by atoms with Crippen molar-refractivity contribution in [3.8, 4) is 11.4 Å². The number of carbonyl (C=O) groups is 1. The number of nitrogens with zero attached hydrogens (tertiary/aromatic N) is 1. The van der Waals surface area contributed by atoms with E-state index in [1.165, 1.54) is 4.68 Å². The van der Waals surface area contributed by atoms with E-state index in [1.54, 1.807) is 18.2 Å². The van der Waals surface area contributed by atoms with Gasteiger partial charge >= 0.3 is 0 Å². The fourth-order valence-corrected chi connectivity index (χ4v) is 4.23. The van der Waals surface area contributed by atoms with Crippen molar-refractivity contribution < 1.29 is 9.90 Å². The summed E-state index contributed by atoms with van der Waals surface area (Å²) in [4.78, 5) is 26.2. The Morgan fingerprint density at radius 3 is 2.61 bits per heavy atom. The molecule has 1 atom stereocenters. The van der Waals surface area contributed by atoms with Crippen molar-refractivity contribution in [2.45, 2.75) is 25.2 Å². The minimum absolute atomic E-state index is 0.0552. The van der Waals surface area contributed by atoms with Crippen LogP contribution in [0.1, 0.15) is 36.3 Å². The van der Waals surface area contributed by atoms with E-state index in [9.17, 15) is 14.7 Å². The fraction of sp³-hybridized carbons (Fsp3) is 0.182. The molecule has 0 radical (unpaired) electrons. The highest BCUT2D eigenvalue weighted by molar-refractivity contribution is 6.00. The second-order valence-electron chi connectivity index (χ2n) is 7.20. The van der Waals surface area contributed by atoms with Crippen molar-refractivity contribution in [2.75, 3.05) is 5.32 Å². The van der Waals surface area contributed by atoms with Crippen LogP contribution < -0.4 is 10.9 Å². The van der Waals surface area contributed by atoms with Gasteiger partial charge in [0.1, 0.15) is 11.6 Å². The Morgan fingerprint density at radius 2 is 1.82 bits per heavy atom. The molecule has 0 saturated carbocycles. The summed E-state index contributed by atoms with van der Waals surface area (Å²) in [5, 5.41) is 16.5. The van der Waals surface area contributed by atoms with E-state index in [0.717, 1.165) is 29.8 Å². The number of fused-ring (bicyclic) bond motifs is 1. The molecule has 0 unspecified atom stereocenters. The third-order valence-corrected chi connectivity index (χ3v) is 5.45. The Bertz CT molecular complexity index is 1170. The molecule has 1 aliphatic carbocycles. The van der Waals surface area contributed by atoms with Gasteiger partial charge in [-0.2, -0.15) is 0 Å². The van der Waals surface area contributed by atoms with Crippen molar-refractivity contribution in [2.24, 2.45) is 0 Å². The zero-order chi connectivity index (χ0) is 19.3. The van der Waals surface area contributed by atoms with Gasteiger partial charge in [-0.1, -0.05) is 30.3 Å². The van der Waals surface area contributed by atoms with Gasteiger partial charge in [0.25, 0.3) is 5.56 Å². The molecule has 5 rings (SSSR count). The van der Waals surface area contributed by atoms with Crippen LogP contribution >= 0.6 is 0 Å². The lowest BCUT2D eigenvalue weighted by Crippen LogP contribution is -2.29.